The second kappa shape index (κ2) is 12.0. The molecule has 3 aromatic carbocycles. The minimum atomic E-state index is -0.271. The zero-order valence-corrected chi connectivity index (χ0v) is 19.9. The Kier molecular flexibility index (Phi) is 8.79. The highest BCUT2D eigenvalue weighted by atomic mass is 35.5. The van der Waals surface area contributed by atoms with Gasteiger partial charge in [-0.15, -0.1) is 0 Å². The summed E-state index contributed by atoms with van der Waals surface area (Å²) in [5.74, 6) is -0.271. The molecular weight excluding hydrogens is 466 g/mol. The molecule has 0 aliphatic carbocycles. The van der Waals surface area contributed by atoms with Gasteiger partial charge in [-0.2, -0.15) is 0 Å². The molecule has 3 aromatic rings. The van der Waals surface area contributed by atoms with Crippen LogP contribution in [0.15, 0.2) is 85.1 Å². The smallest absolute Gasteiger partial charge is 0.233 e. The van der Waals surface area contributed by atoms with Crippen molar-refractivity contribution in [1.82, 2.24) is 0 Å². The fraction of sp³-hybridized carbons (Fsp3) is 0.0769. The molecule has 0 aliphatic heterocycles. The molecule has 0 saturated carbocycles. The summed E-state index contributed by atoms with van der Waals surface area (Å²) in [6.07, 6.45) is 2.39. The summed E-state index contributed by atoms with van der Waals surface area (Å²) < 4.78 is 0. The van der Waals surface area contributed by atoms with Crippen LogP contribution in [-0.4, -0.2) is 22.2 Å². The molecule has 8 heteroatoms. The van der Waals surface area contributed by atoms with Crippen molar-refractivity contribution in [3.8, 4) is 0 Å². The third-order valence-electron chi connectivity index (χ3n) is 4.95. The molecule has 0 saturated heterocycles. The molecule has 34 heavy (non-hydrogen) atoms. The van der Waals surface area contributed by atoms with E-state index in [0.29, 0.717) is 21.8 Å². The number of carbonyl (C=O) groups excluding carboxylic acids is 1. The van der Waals surface area contributed by atoms with Crippen LogP contribution in [0.25, 0.3) is 5.57 Å². The Labute approximate surface area is 208 Å². The van der Waals surface area contributed by atoms with E-state index in [-0.39, 0.29) is 29.0 Å². The molecule has 0 heterocycles. The quantitative estimate of drug-likeness (QED) is 0.231. The van der Waals surface area contributed by atoms with Crippen LogP contribution in [0.1, 0.15) is 23.1 Å². The predicted molar refractivity (Wildman–Crippen MR) is 143 cm³/mol. The van der Waals surface area contributed by atoms with Crippen molar-refractivity contribution < 1.29 is 4.79 Å². The van der Waals surface area contributed by atoms with Crippen LogP contribution < -0.4 is 10.6 Å². The van der Waals surface area contributed by atoms with Crippen LogP contribution in [0.4, 0.5) is 5.69 Å². The molecule has 5 N–H and O–H groups in total. The van der Waals surface area contributed by atoms with E-state index in [0.717, 1.165) is 22.9 Å². The molecule has 3 rings (SSSR count). The zero-order valence-electron chi connectivity index (χ0n) is 18.3. The van der Waals surface area contributed by atoms with E-state index in [1.807, 2.05) is 30.3 Å². The topological polar surface area (TPSA) is 118 Å². The Hall–Kier alpha value is -3.68. The molecule has 0 radical (unpaired) electrons. The standard InChI is InChI=1S/C26H24ClN5OS/c27-22-8-4-5-18(13-22)17-32(23-11-9-19(10-12-23)21(15-28)16-29)25(33)14-24(30)34-26(31)20-6-2-1-3-7-20/h1-13,15-16,28,30-31H,14,17,29H2. The number of allylic oxidation sites excluding steroid dienone is 1. The van der Waals surface area contributed by atoms with Crippen molar-refractivity contribution in [1.29, 1.82) is 16.2 Å². The lowest BCUT2D eigenvalue weighted by atomic mass is 10.1. The van der Waals surface area contributed by atoms with Gasteiger partial charge in [-0.3, -0.25) is 15.6 Å². The number of rotatable bonds is 8. The molecule has 172 valence electrons. The van der Waals surface area contributed by atoms with E-state index in [2.05, 4.69) is 0 Å². The third-order valence-corrected chi connectivity index (χ3v) is 6.02. The molecule has 0 atom stereocenters. The Morgan fingerprint density at radius 1 is 0.971 bits per heavy atom. The summed E-state index contributed by atoms with van der Waals surface area (Å²) in [6.45, 7) is 0.275. The third kappa shape index (κ3) is 6.66. The molecule has 1 amide bonds. The Morgan fingerprint density at radius 3 is 2.29 bits per heavy atom. The summed E-state index contributed by atoms with van der Waals surface area (Å²) in [5.41, 5.74) is 9.10. The minimum Gasteiger partial charge on any atom is -0.404 e. The van der Waals surface area contributed by atoms with E-state index in [4.69, 9.17) is 33.6 Å². The first-order valence-corrected chi connectivity index (χ1v) is 11.6. The number of nitrogens with two attached hydrogens (primary N) is 1. The first-order chi connectivity index (χ1) is 16.4. The average molecular weight is 490 g/mol. The van der Waals surface area contributed by atoms with Crippen LogP contribution in [-0.2, 0) is 11.3 Å². The number of hydrogen-bond acceptors (Lipinski definition) is 6. The van der Waals surface area contributed by atoms with Gasteiger partial charge in [-0.25, -0.2) is 0 Å². The van der Waals surface area contributed by atoms with Crippen molar-refractivity contribution in [3.05, 3.63) is 107 Å². The van der Waals surface area contributed by atoms with Gasteiger partial charge in [0.2, 0.25) is 5.91 Å². The van der Waals surface area contributed by atoms with Crippen LogP contribution in [0, 0.1) is 16.2 Å². The van der Waals surface area contributed by atoms with Gasteiger partial charge in [-0.05, 0) is 35.4 Å². The number of amides is 1. The number of carbonyl (C=O) groups is 1. The number of nitrogens with zero attached hydrogens (tertiary/aromatic N) is 1. The van der Waals surface area contributed by atoms with Crippen LogP contribution in [0.3, 0.4) is 0 Å². The number of halogens is 1. The lowest BCUT2D eigenvalue weighted by Gasteiger charge is -2.24. The first kappa shape index (κ1) is 25.0. The molecule has 0 unspecified atom stereocenters. The maximum Gasteiger partial charge on any atom is 0.233 e. The van der Waals surface area contributed by atoms with Gasteiger partial charge in [0.05, 0.1) is 18.0 Å². The lowest BCUT2D eigenvalue weighted by molar-refractivity contribution is -0.117. The molecule has 6 nitrogen and oxygen atoms in total. The van der Waals surface area contributed by atoms with Crippen LogP contribution in [0.5, 0.6) is 0 Å². The molecule has 0 spiro atoms. The summed E-state index contributed by atoms with van der Waals surface area (Å²) in [6, 6.07) is 23.6. The molecule has 0 fully saturated rings. The lowest BCUT2D eigenvalue weighted by Crippen LogP contribution is -2.31. The highest BCUT2D eigenvalue weighted by Gasteiger charge is 2.20. The SMILES string of the molecule is N=CC(=CN)c1ccc(N(Cc2cccc(Cl)c2)C(=O)CC(=N)SC(=N)c2ccccc2)cc1. The van der Waals surface area contributed by atoms with E-state index in [1.54, 1.807) is 53.4 Å². The Balaban J connectivity index is 1.81. The van der Waals surface area contributed by atoms with Gasteiger partial charge < -0.3 is 16.0 Å². The van der Waals surface area contributed by atoms with Crippen LogP contribution >= 0.6 is 23.4 Å². The van der Waals surface area contributed by atoms with Gasteiger partial charge in [0, 0.05) is 34.3 Å². The molecule has 0 aliphatic rings. The summed E-state index contributed by atoms with van der Waals surface area (Å²) in [5, 5.41) is 24.9. The summed E-state index contributed by atoms with van der Waals surface area (Å²) in [4.78, 5) is 14.9. The van der Waals surface area contributed by atoms with Crippen molar-refractivity contribution >= 4 is 56.8 Å². The van der Waals surface area contributed by atoms with Crippen molar-refractivity contribution in [2.45, 2.75) is 13.0 Å². The number of hydrogen-bond donors (Lipinski definition) is 4. The Morgan fingerprint density at radius 2 is 1.68 bits per heavy atom. The molecule has 0 aromatic heterocycles. The van der Waals surface area contributed by atoms with Gasteiger partial charge in [-0.1, -0.05) is 78.0 Å². The second-order valence-electron chi connectivity index (χ2n) is 7.32. The number of nitrogens with one attached hydrogen (secondary N) is 3. The summed E-state index contributed by atoms with van der Waals surface area (Å²) in [7, 11) is 0. The van der Waals surface area contributed by atoms with Crippen LogP contribution in [0.2, 0.25) is 5.02 Å². The van der Waals surface area contributed by atoms with E-state index < -0.39 is 0 Å². The molecular formula is C26H24ClN5OS. The van der Waals surface area contributed by atoms with E-state index in [1.165, 1.54) is 12.4 Å². The van der Waals surface area contributed by atoms with Crippen molar-refractivity contribution in [2.75, 3.05) is 4.90 Å². The highest BCUT2D eigenvalue weighted by Crippen LogP contribution is 2.24. The Bertz CT molecular complexity index is 1230. The van der Waals surface area contributed by atoms with E-state index >= 15 is 0 Å². The normalized spacial score (nSPS) is 11.0. The van der Waals surface area contributed by atoms with Gasteiger partial charge >= 0.3 is 0 Å². The number of anilines is 1. The first-order valence-electron chi connectivity index (χ1n) is 10.4. The predicted octanol–water partition coefficient (Wildman–Crippen LogP) is 5.95. The highest BCUT2D eigenvalue weighted by molar-refractivity contribution is 8.26. The van der Waals surface area contributed by atoms with Gasteiger partial charge in [0.1, 0.15) is 5.04 Å². The maximum atomic E-state index is 13.3. The van der Waals surface area contributed by atoms with Crippen molar-refractivity contribution in [2.24, 2.45) is 5.73 Å². The number of benzene rings is 3. The minimum absolute atomic E-state index is 0.0868. The zero-order chi connectivity index (χ0) is 24.5. The maximum absolute atomic E-state index is 13.3. The van der Waals surface area contributed by atoms with Gasteiger partial charge in [0.15, 0.2) is 0 Å². The van der Waals surface area contributed by atoms with E-state index in [9.17, 15) is 4.79 Å². The molecule has 0 bridgehead atoms. The largest absolute Gasteiger partial charge is 0.404 e. The van der Waals surface area contributed by atoms with Gasteiger partial charge in [0.25, 0.3) is 0 Å². The number of thioether (sulfide) groups is 1. The fourth-order valence-corrected chi connectivity index (χ4v) is 4.15. The average Bonchev–Trinajstić information content (AvgIpc) is 2.84. The van der Waals surface area contributed by atoms with Crippen molar-refractivity contribution in [3.63, 3.8) is 0 Å². The fourth-order valence-electron chi connectivity index (χ4n) is 3.24. The summed E-state index contributed by atoms with van der Waals surface area (Å²) >= 11 is 7.10. The monoisotopic (exact) mass is 489 g/mol. The second-order valence-corrected chi connectivity index (χ2v) is 8.86.